The maximum Gasteiger partial charge on any atom is 0.227 e. The molecular weight excluding hydrogens is 332 g/mol. The normalized spacial score (nSPS) is 11.7. The van der Waals surface area contributed by atoms with E-state index in [2.05, 4.69) is 49.4 Å². The van der Waals surface area contributed by atoms with Gasteiger partial charge in [0.2, 0.25) is 5.91 Å². The Morgan fingerprint density at radius 1 is 1.00 bits per heavy atom. The minimum Gasteiger partial charge on any atom is -0.383 e. The Morgan fingerprint density at radius 3 is 2.30 bits per heavy atom. The molecule has 0 fully saturated rings. The van der Waals surface area contributed by atoms with Gasteiger partial charge in [-0.1, -0.05) is 60.2 Å². The van der Waals surface area contributed by atoms with Gasteiger partial charge in [-0.05, 0) is 48.4 Å². The van der Waals surface area contributed by atoms with Crippen molar-refractivity contribution in [2.75, 3.05) is 21.1 Å². The van der Waals surface area contributed by atoms with Crippen LogP contribution in [0.3, 0.4) is 0 Å². The number of carbonyl (C=O) groups excluding carboxylic acids is 1. The molecule has 2 aromatic rings. The first-order valence-corrected chi connectivity index (χ1v) is 9.29. The van der Waals surface area contributed by atoms with E-state index in [0.717, 1.165) is 22.3 Å². The summed E-state index contributed by atoms with van der Waals surface area (Å²) in [5.41, 5.74) is 5.73. The number of aryl methyl sites for hydroxylation is 1. The Kier molecular flexibility index (Phi) is 7.42. The molecule has 27 heavy (non-hydrogen) atoms. The van der Waals surface area contributed by atoms with Crippen LogP contribution in [0, 0.1) is 6.92 Å². The van der Waals surface area contributed by atoms with Crippen molar-refractivity contribution in [2.45, 2.75) is 26.8 Å². The van der Waals surface area contributed by atoms with Crippen LogP contribution in [0.1, 0.15) is 29.2 Å². The van der Waals surface area contributed by atoms with E-state index in [1.165, 1.54) is 5.56 Å². The first-order chi connectivity index (χ1) is 12.9. The van der Waals surface area contributed by atoms with Gasteiger partial charge in [-0.15, -0.1) is 0 Å². The molecule has 0 aromatic heterocycles. The number of benzene rings is 2. The van der Waals surface area contributed by atoms with Gasteiger partial charge in [-0.25, -0.2) is 0 Å². The highest BCUT2D eigenvalue weighted by molar-refractivity contribution is 5.79. The van der Waals surface area contributed by atoms with E-state index in [0.29, 0.717) is 13.0 Å². The molecule has 0 aliphatic carbocycles. The summed E-state index contributed by atoms with van der Waals surface area (Å²) in [7, 11) is 5.88. The van der Waals surface area contributed by atoms with Crippen molar-refractivity contribution in [3.8, 4) is 0 Å². The lowest BCUT2D eigenvalue weighted by atomic mass is 10.0. The largest absolute Gasteiger partial charge is 0.383 e. The van der Waals surface area contributed by atoms with Crippen LogP contribution in [0.5, 0.6) is 0 Å². The van der Waals surface area contributed by atoms with Crippen molar-refractivity contribution < 1.29 is 4.79 Å². The third kappa shape index (κ3) is 6.45. The maximum absolute atomic E-state index is 12.6. The summed E-state index contributed by atoms with van der Waals surface area (Å²) in [5, 5.41) is 0. The average molecular weight is 363 g/mol. The van der Waals surface area contributed by atoms with Crippen molar-refractivity contribution in [2.24, 2.45) is 0 Å². The molecule has 0 N–H and O–H groups in total. The molecule has 0 unspecified atom stereocenters. The standard InChI is InChI=1S/C24H30N2O/c1-6-22(14-15-25(3)4)23-12-10-20(11-13-23)17-24(27)26(5)18-21-9-7-8-19(2)16-21/h6-16H,17-18H2,1-5H3/b15-14-,22-6+. The topological polar surface area (TPSA) is 23.6 Å². The Labute approximate surface area is 163 Å². The maximum atomic E-state index is 12.6. The van der Waals surface area contributed by atoms with Crippen molar-refractivity contribution in [1.82, 2.24) is 9.80 Å². The summed E-state index contributed by atoms with van der Waals surface area (Å²) in [5.74, 6) is 0.128. The Bertz CT molecular complexity index is 817. The van der Waals surface area contributed by atoms with Crippen LogP contribution in [0.4, 0.5) is 0 Å². The van der Waals surface area contributed by atoms with E-state index < -0.39 is 0 Å². The van der Waals surface area contributed by atoms with Crippen LogP contribution < -0.4 is 0 Å². The zero-order valence-electron chi connectivity index (χ0n) is 17.1. The zero-order valence-corrected chi connectivity index (χ0v) is 17.1. The second-order valence-electron chi connectivity index (χ2n) is 7.14. The molecule has 0 radical (unpaired) electrons. The number of likely N-dealkylation sites (N-methyl/N-ethyl adjacent to an activating group) is 1. The van der Waals surface area contributed by atoms with E-state index >= 15 is 0 Å². The van der Waals surface area contributed by atoms with Gasteiger partial charge in [-0.2, -0.15) is 0 Å². The molecule has 0 spiro atoms. The lowest BCUT2D eigenvalue weighted by molar-refractivity contribution is -0.129. The molecule has 0 saturated carbocycles. The first-order valence-electron chi connectivity index (χ1n) is 9.29. The van der Waals surface area contributed by atoms with Crippen molar-refractivity contribution in [3.05, 3.63) is 89.1 Å². The minimum atomic E-state index is 0.128. The Hall–Kier alpha value is -2.81. The van der Waals surface area contributed by atoms with E-state index in [1.54, 1.807) is 4.90 Å². The molecule has 0 aliphatic heterocycles. The van der Waals surface area contributed by atoms with Gasteiger partial charge >= 0.3 is 0 Å². The molecule has 0 heterocycles. The average Bonchev–Trinajstić information content (AvgIpc) is 2.63. The second kappa shape index (κ2) is 9.77. The van der Waals surface area contributed by atoms with Gasteiger partial charge in [0.1, 0.15) is 0 Å². The van der Waals surface area contributed by atoms with Crippen LogP contribution >= 0.6 is 0 Å². The number of hydrogen-bond donors (Lipinski definition) is 0. The molecule has 0 saturated heterocycles. The van der Waals surface area contributed by atoms with Gasteiger partial charge in [0, 0.05) is 27.7 Å². The Balaban J connectivity index is 1.99. The smallest absolute Gasteiger partial charge is 0.227 e. The number of allylic oxidation sites excluding steroid dienone is 3. The predicted molar refractivity (Wildman–Crippen MR) is 114 cm³/mol. The van der Waals surface area contributed by atoms with Crippen LogP contribution in [-0.2, 0) is 17.8 Å². The summed E-state index contributed by atoms with van der Waals surface area (Å²) in [6, 6.07) is 16.5. The second-order valence-corrected chi connectivity index (χ2v) is 7.14. The van der Waals surface area contributed by atoms with Gasteiger partial charge in [0.05, 0.1) is 6.42 Å². The number of amides is 1. The molecule has 0 atom stereocenters. The molecule has 0 bridgehead atoms. The summed E-state index contributed by atoms with van der Waals surface area (Å²) < 4.78 is 0. The summed E-state index contributed by atoms with van der Waals surface area (Å²) in [6.07, 6.45) is 6.64. The molecule has 1 amide bonds. The monoisotopic (exact) mass is 362 g/mol. The fraction of sp³-hybridized carbons (Fsp3) is 0.292. The zero-order chi connectivity index (χ0) is 19.8. The molecule has 3 heteroatoms. The fourth-order valence-corrected chi connectivity index (χ4v) is 2.89. The summed E-state index contributed by atoms with van der Waals surface area (Å²) in [4.78, 5) is 16.4. The molecule has 2 rings (SSSR count). The van der Waals surface area contributed by atoms with Crippen LogP contribution in [0.25, 0.3) is 5.57 Å². The van der Waals surface area contributed by atoms with Crippen molar-refractivity contribution in [1.29, 1.82) is 0 Å². The van der Waals surface area contributed by atoms with Crippen molar-refractivity contribution >= 4 is 11.5 Å². The van der Waals surface area contributed by atoms with Crippen LogP contribution in [0.15, 0.2) is 66.9 Å². The number of hydrogen-bond acceptors (Lipinski definition) is 2. The highest BCUT2D eigenvalue weighted by Gasteiger charge is 2.10. The third-order valence-electron chi connectivity index (χ3n) is 4.43. The fourth-order valence-electron chi connectivity index (χ4n) is 2.89. The highest BCUT2D eigenvalue weighted by atomic mass is 16.2. The third-order valence-corrected chi connectivity index (χ3v) is 4.43. The number of nitrogens with zero attached hydrogens (tertiary/aromatic N) is 2. The van der Waals surface area contributed by atoms with Gasteiger partial charge in [0.15, 0.2) is 0 Å². The summed E-state index contributed by atoms with van der Waals surface area (Å²) >= 11 is 0. The number of carbonyl (C=O) groups is 1. The van der Waals surface area contributed by atoms with E-state index in [9.17, 15) is 4.79 Å². The van der Waals surface area contributed by atoms with Crippen molar-refractivity contribution in [3.63, 3.8) is 0 Å². The van der Waals surface area contributed by atoms with Crippen LogP contribution in [0.2, 0.25) is 0 Å². The van der Waals surface area contributed by atoms with Gasteiger partial charge in [0.25, 0.3) is 0 Å². The molecule has 142 valence electrons. The lowest BCUT2D eigenvalue weighted by Crippen LogP contribution is -2.27. The Morgan fingerprint density at radius 2 is 1.70 bits per heavy atom. The molecule has 0 aliphatic rings. The van der Waals surface area contributed by atoms with Crippen LogP contribution in [-0.4, -0.2) is 36.9 Å². The van der Waals surface area contributed by atoms with E-state index in [1.807, 2.05) is 57.4 Å². The molecule has 2 aromatic carbocycles. The van der Waals surface area contributed by atoms with Gasteiger partial charge in [-0.3, -0.25) is 4.79 Å². The molecule has 3 nitrogen and oxygen atoms in total. The first kappa shape index (κ1) is 20.5. The lowest BCUT2D eigenvalue weighted by Gasteiger charge is -2.18. The summed E-state index contributed by atoms with van der Waals surface area (Å²) in [6.45, 7) is 4.74. The highest BCUT2D eigenvalue weighted by Crippen LogP contribution is 2.17. The molecular formula is C24H30N2O. The predicted octanol–water partition coefficient (Wildman–Crippen LogP) is 4.67. The minimum absolute atomic E-state index is 0.128. The van der Waals surface area contributed by atoms with E-state index in [4.69, 9.17) is 0 Å². The quantitative estimate of drug-likeness (QED) is 0.668. The SMILES string of the molecule is C/C=C(\C=C/N(C)C)c1ccc(CC(=O)N(C)Cc2cccc(C)c2)cc1. The van der Waals surface area contributed by atoms with E-state index in [-0.39, 0.29) is 5.91 Å². The van der Waals surface area contributed by atoms with Gasteiger partial charge < -0.3 is 9.80 Å². The number of rotatable bonds is 7.